The van der Waals surface area contributed by atoms with Crippen LogP contribution >= 0.6 is 0 Å². The van der Waals surface area contributed by atoms with Gasteiger partial charge in [0.25, 0.3) is 11.5 Å². The van der Waals surface area contributed by atoms with Crippen molar-refractivity contribution in [3.05, 3.63) is 64.3 Å². The van der Waals surface area contributed by atoms with Gasteiger partial charge in [-0.1, -0.05) is 0 Å². The quantitative estimate of drug-likeness (QED) is 0.906. The second-order valence-corrected chi connectivity index (χ2v) is 4.00. The summed E-state index contributed by atoms with van der Waals surface area (Å²) in [7, 11) is 0. The zero-order valence-electron chi connectivity index (χ0n) is 10.3. The molecule has 2 aromatic rings. The molecular weight excluding hydrogens is 268 g/mol. The van der Waals surface area contributed by atoms with E-state index in [0.717, 1.165) is 12.1 Å². The zero-order chi connectivity index (χ0) is 14.5. The van der Waals surface area contributed by atoms with E-state index in [2.05, 4.69) is 10.3 Å². The van der Waals surface area contributed by atoms with Gasteiger partial charge in [0.1, 0.15) is 0 Å². The molecule has 2 rings (SSSR count). The second kappa shape index (κ2) is 6.05. The minimum absolute atomic E-state index is 0.0161. The first-order valence-corrected chi connectivity index (χ1v) is 5.81. The normalized spacial score (nSPS) is 10.3. The average Bonchev–Trinajstić information content (AvgIpc) is 2.44. The molecule has 20 heavy (non-hydrogen) atoms. The number of benzene rings is 1. The highest BCUT2D eigenvalue weighted by molar-refractivity contribution is 5.94. The number of carbonyl (C=O) groups excluding carboxylic acids is 1. The number of nitrogens with one attached hydrogen (secondary N) is 1. The number of carbonyl (C=O) groups is 1. The van der Waals surface area contributed by atoms with Crippen LogP contribution in [-0.4, -0.2) is 22.0 Å². The summed E-state index contributed by atoms with van der Waals surface area (Å²) in [4.78, 5) is 26.8. The first-order valence-electron chi connectivity index (χ1n) is 5.81. The molecule has 1 N–H and O–H groups in total. The molecule has 0 aliphatic heterocycles. The van der Waals surface area contributed by atoms with Gasteiger partial charge in [0.2, 0.25) is 0 Å². The van der Waals surface area contributed by atoms with Crippen LogP contribution in [0, 0.1) is 11.6 Å². The van der Waals surface area contributed by atoms with E-state index in [1.54, 1.807) is 0 Å². The Morgan fingerprint density at radius 1 is 1.25 bits per heavy atom. The lowest BCUT2D eigenvalue weighted by Crippen LogP contribution is -2.30. The molecule has 0 atom stereocenters. The number of nitrogens with zero attached hydrogens (tertiary/aromatic N) is 2. The summed E-state index contributed by atoms with van der Waals surface area (Å²) >= 11 is 0. The molecule has 0 radical (unpaired) electrons. The predicted molar refractivity (Wildman–Crippen MR) is 67.2 cm³/mol. The third-order valence-corrected chi connectivity index (χ3v) is 2.61. The molecule has 104 valence electrons. The van der Waals surface area contributed by atoms with Crippen LogP contribution in [-0.2, 0) is 6.54 Å². The Kier molecular flexibility index (Phi) is 4.19. The summed E-state index contributed by atoms with van der Waals surface area (Å²) in [6.45, 7) is 0.408. The van der Waals surface area contributed by atoms with Crippen LogP contribution < -0.4 is 10.9 Å². The third-order valence-electron chi connectivity index (χ3n) is 2.61. The summed E-state index contributed by atoms with van der Waals surface area (Å²) in [5, 5.41) is 2.51. The van der Waals surface area contributed by atoms with Gasteiger partial charge in [-0.25, -0.2) is 13.8 Å². The molecular formula is C13H11F2N3O2. The van der Waals surface area contributed by atoms with Gasteiger partial charge in [0.05, 0.1) is 6.33 Å². The molecule has 0 unspecified atom stereocenters. The Labute approximate surface area is 112 Å². The lowest BCUT2D eigenvalue weighted by molar-refractivity contribution is 0.0951. The van der Waals surface area contributed by atoms with Crippen LogP contribution in [0.1, 0.15) is 10.4 Å². The van der Waals surface area contributed by atoms with Crippen molar-refractivity contribution >= 4 is 5.91 Å². The van der Waals surface area contributed by atoms with Crippen LogP contribution in [0.2, 0.25) is 0 Å². The standard InChI is InChI=1S/C13H11F2N3O2/c14-10-2-1-9(7-11(10)15)13(20)17-5-6-18-8-16-4-3-12(18)19/h1-4,7-8H,5-6H2,(H,17,20). The molecule has 0 bridgehead atoms. The zero-order valence-corrected chi connectivity index (χ0v) is 10.3. The number of rotatable bonds is 4. The van der Waals surface area contributed by atoms with E-state index in [9.17, 15) is 18.4 Å². The highest BCUT2D eigenvalue weighted by atomic mass is 19.2. The summed E-state index contributed by atoms with van der Waals surface area (Å²) in [5.41, 5.74) is -0.218. The Morgan fingerprint density at radius 3 is 2.75 bits per heavy atom. The van der Waals surface area contributed by atoms with Crippen molar-refractivity contribution < 1.29 is 13.6 Å². The molecule has 7 heteroatoms. The van der Waals surface area contributed by atoms with Crippen LogP contribution in [0.15, 0.2) is 41.6 Å². The van der Waals surface area contributed by atoms with E-state index < -0.39 is 17.5 Å². The number of hydrogen-bond acceptors (Lipinski definition) is 3. The largest absolute Gasteiger partial charge is 0.350 e. The molecule has 0 fully saturated rings. The monoisotopic (exact) mass is 279 g/mol. The van der Waals surface area contributed by atoms with Crippen LogP contribution in [0.5, 0.6) is 0 Å². The SMILES string of the molecule is O=C(NCCn1cnccc1=O)c1ccc(F)c(F)c1. The van der Waals surface area contributed by atoms with E-state index in [1.807, 2.05) is 0 Å². The average molecular weight is 279 g/mol. The maximum Gasteiger partial charge on any atom is 0.253 e. The number of hydrogen-bond donors (Lipinski definition) is 1. The molecule has 0 saturated heterocycles. The Bertz CT molecular complexity index is 685. The van der Waals surface area contributed by atoms with Gasteiger partial charge < -0.3 is 5.32 Å². The molecule has 1 heterocycles. The minimum atomic E-state index is -1.08. The highest BCUT2D eigenvalue weighted by Crippen LogP contribution is 2.08. The van der Waals surface area contributed by atoms with Gasteiger partial charge in [0, 0.05) is 30.9 Å². The molecule has 1 aromatic heterocycles. The molecule has 0 spiro atoms. The van der Waals surface area contributed by atoms with Crippen molar-refractivity contribution in [3.63, 3.8) is 0 Å². The van der Waals surface area contributed by atoms with Crippen LogP contribution in [0.3, 0.4) is 0 Å². The molecule has 1 amide bonds. The van der Waals surface area contributed by atoms with Crippen molar-refractivity contribution in [3.8, 4) is 0 Å². The molecule has 1 aromatic carbocycles. The topological polar surface area (TPSA) is 64.0 Å². The lowest BCUT2D eigenvalue weighted by atomic mass is 10.2. The summed E-state index contributed by atoms with van der Waals surface area (Å²) in [6.07, 6.45) is 2.73. The fourth-order valence-electron chi connectivity index (χ4n) is 1.58. The van der Waals surface area contributed by atoms with Crippen LogP contribution in [0.25, 0.3) is 0 Å². The van der Waals surface area contributed by atoms with E-state index in [1.165, 1.54) is 29.2 Å². The second-order valence-electron chi connectivity index (χ2n) is 4.00. The smallest absolute Gasteiger partial charge is 0.253 e. The van der Waals surface area contributed by atoms with Crippen molar-refractivity contribution in [2.24, 2.45) is 0 Å². The summed E-state index contributed by atoms with van der Waals surface area (Å²) in [6, 6.07) is 4.19. The maximum atomic E-state index is 13.0. The number of aromatic nitrogens is 2. The molecule has 0 aliphatic carbocycles. The Balaban J connectivity index is 1.94. The molecule has 0 saturated carbocycles. The van der Waals surface area contributed by atoms with Crippen molar-refractivity contribution in [1.29, 1.82) is 0 Å². The van der Waals surface area contributed by atoms with Crippen LogP contribution in [0.4, 0.5) is 8.78 Å². The van der Waals surface area contributed by atoms with Crippen molar-refractivity contribution in [2.75, 3.05) is 6.54 Å². The summed E-state index contributed by atoms with van der Waals surface area (Å²) in [5.74, 6) is -2.63. The molecule has 5 nitrogen and oxygen atoms in total. The fraction of sp³-hybridized carbons (Fsp3) is 0.154. The number of amides is 1. The van der Waals surface area contributed by atoms with E-state index in [0.29, 0.717) is 0 Å². The number of halogens is 2. The first-order chi connectivity index (χ1) is 9.58. The van der Waals surface area contributed by atoms with Gasteiger partial charge in [0.15, 0.2) is 11.6 Å². The first kappa shape index (κ1) is 13.9. The maximum absolute atomic E-state index is 13.0. The Hall–Kier alpha value is -2.57. The molecule has 0 aliphatic rings. The third kappa shape index (κ3) is 3.25. The van der Waals surface area contributed by atoms with E-state index >= 15 is 0 Å². The van der Waals surface area contributed by atoms with E-state index in [4.69, 9.17) is 0 Å². The highest BCUT2D eigenvalue weighted by Gasteiger charge is 2.09. The van der Waals surface area contributed by atoms with Gasteiger partial charge in [-0.2, -0.15) is 0 Å². The minimum Gasteiger partial charge on any atom is -0.350 e. The summed E-state index contributed by atoms with van der Waals surface area (Å²) < 4.78 is 27.0. The predicted octanol–water partition coefficient (Wildman–Crippen LogP) is 0.951. The van der Waals surface area contributed by atoms with Gasteiger partial charge in [-0.05, 0) is 18.2 Å². The lowest BCUT2D eigenvalue weighted by Gasteiger charge is -2.07. The van der Waals surface area contributed by atoms with Gasteiger partial charge in [-0.15, -0.1) is 0 Å². The fourth-order valence-corrected chi connectivity index (χ4v) is 1.58. The van der Waals surface area contributed by atoms with E-state index in [-0.39, 0.29) is 24.2 Å². The van der Waals surface area contributed by atoms with Gasteiger partial charge in [-0.3, -0.25) is 14.2 Å². The van der Waals surface area contributed by atoms with Gasteiger partial charge >= 0.3 is 0 Å². The van der Waals surface area contributed by atoms with Crippen molar-refractivity contribution in [1.82, 2.24) is 14.9 Å². The van der Waals surface area contributed by atoms with Crippen molar-refractivity contribution in [2.45, 2.75) is 6.54 Å². The Morgan fingerprint density at radius 2 is 2.05 bits per heavy atom.